The number of likely N-dealkylation sites (N-methyl/N-ethyl adjacent to an activating group) is 1. The van der Waals surface area contributed by atoms with Crippen LogP contribution in [0.5, 0.6) is 5.88 Å². The predicted octanol–water partition coefficient (Wildman–Crippen LogP) is 2.42. The van der Waals surface area contributed by atoms with Crippen molar-refractivity contribution < 1.29 is 9.47 Å². The minimum atomic E-state index is -0.212. The summed E-state index contributed by atoms with van der Waals surface area (Å²) in [5.74, 6) is 0.446. The molecule has 2 aliphatic rings. The lowest BCUT2D eigenvalue weighted by molar-refractivity contribution is -0.0370. The van der Waals surface area contributed by atoms with Crippen LogP contribution in [0.3, 0.4) is 0 Å². The molecule has 0 aliphatic carbocycles. The molecule has 0 spiro atoms. The summed E-state index contributed by atoms with van der Waals surface area (Å²) in [6.45, 7) is 5.68. The van der Waals surface area contributed by atoms with Crippen molar-refractivity contribution >= 4 is 11.0 Å². The van der Waals surface area contributed by atoms with Gasteiger partial charge in [0.15, 0.2) is 11.9 Å². The molecule has 8 heteroatoms. The third-order valence-corrected chi connectivity index (χ3v) is 5.38. The van der Waals surface area contributed by atoms with Crippen molar-refractivity contribution in [3.05, 3.63) is 24.7 Å². The number of likely N-dealkylation sites (tertiary alicyclic amines) is 1. The van der Waals surface area contributed by atoms with Gasteiger partial charge in [0.2, 0.25) is 11.7 Å². The van der Waals surface area contributed by atoms with Crippen LogP contribution in [0, 0.1) is 11.3 Å². The number of rotatable bonds is 5. The van der Waals surface area contributed by atoms with Crippen molar-refractivity contribution in [3.8, 4) is 11.9 Å². The fourth-order valence-corrected chi connectivity index (χ4v) is 3.93. The van der Waals surface area contributed by atoms with Crippen LogP contribution in [0.25, 0.3) is 11.0 Å². The molecule has 3 atom stereocenters. The molecular formula is C19H24N6O2. The van der Waals surface area contributed by atoms with Crippen LogP contribution in [0.1, 0.15) is 44.2 Å². The molecule has 1 unspecified atom stereocenters. The predicted molar refractivity (Wildman–Crippen MR) is 99.1 cm³/mol. The Kier molecular flexibility index (Phi) is 5.05. The molecule has 0 N–H and O–H groups in total. The van der Waals surface area contributed by atoms with E-state index in [0.717, 1.165) is 38.6 Å². The van der Waals surface area contributed by atoms with Crippen LogP contribution in [0.15, 0.2) is 18.9 Å². The summed E-state index contributed by atoms with van der Waals surface area (Å²) in [7, 11) is 2.09. The number of nitriles is 1. The Morgan fingerprint density at radius 3 is 2.93 bits per heavy atom. The zero-order chi connectivity index (χ0) is 18.8. The summed E-state index contributed by atoms with van der Waals surface area (Å²) in [6.07, 6.45) is 8.31. The Bertz CT molecular complexity index is 867. The van der Waals surface area contributed by atoms with Crippen molar-refractivity contribution in [2.45, 2.75) is 50.5 Å². The van der Waals surface area contributed by atoms with Crippen molar-refractivity contribution in [3.63, 3.8) is 0 Å². The molecule has 4 rings (SSSR count). The van der Waals surface area contributed by atoms with E-state index in [2.05, 4.69) is 33.6 Å². The van der Waals surface area contributed by atoms with Gasteiger partial charge in [-0.15, -0.1) is 0 Å². The van der Waals surface area contributed by atoms with E-state index >= 15 is 0 Å². The topological polar surface area (TPSA) is 89.1 Å². The van der Waals surface area contributed by atoms with E-state index in [9.17, 15) is 5.26 Å². The highest BCUT2D eigenvalue weighted by atomic mass is 16.5. The van der Waals surface area contributed by atoms with E-state index < -0.39 is 0 Å². The molecule has 2 aromatic rings. The molecule has 2 aromatic heterocycles. The molecule has 0 saturated carbocycles. The van der Waals surface area contributed by atoms with Crippen LogP contribution < -0.4 is 4.74 Å². The van der Waals surface area contributed by atoms with Gasteiger partial charge in [0.05, 0.1) is 12.2 Å². The molecule has 0 bridgehead atoms. The zero-order valence-corrected chi connectivity index (χ0v) is 15.5. The van der Waals surface area contributed by atoms with Crippen LogP contribution in [-0.4, -0.2) is 57.0 Å². The second kappa shape index (κ2) is 7.62. The van der Waals surface area contributed by atoms with Gasteiger partial charge in [-0.05, 0) is 51.8 Å². The molecule has 0 aromatic carbocycles. The van der Waals surface area contributed by atoms with Gasteiger partial charge in [-0.25, -0.2) is 4.68 Å². The van der Waals surface area contributed by atoms with Gasteiger partial charge in [-0.2, -0.15) is 20.3 Å². The minimum Gasteiger partial charge on any atom is -0.468 e. The Labute approximate surface area is 158 Å². The van der Waals surface area contributed by atoms with Gasteiger partial charge in [-0.1, -0.05) is 6.58 Å². The summed E-state index contributed by atoms with van der Waals surface area (Å²) in [5, 5.41) is 14.5. The van der Waals surface area contributed by atoms with Gasteiger partial charge in [0, 0.05) is 6.61 Å². The van der Waals surface area contributed by atoms with Crippen LogP contribution in [0.2, 0.25) is 0 Å². The molecule has 2 saturated heterocycles. The maximum Gasteiger partial charge on any atom is 0.237 e. The third kappa shape index (κ3) is 3.40. The molecule has 8 nitrogen and oxygen atoms in total. The Hall–Kier alpha value is -2.50. The molecule has 0 radical (unpaired) electrons. The summed E-state index contributed by atoms with van der Waals surface area (Å²) in [6, 6.07) is 2.27. The molecule has 2 aliphatic heterocycles. The van der Waals surface area contributed by atoms with E-state index in [0.29, 0.717) is 23.5 Å². The third-order valence-electron chi connectivity index (χ3n) is 5.38. The van der Waals surface area contributed by atoms with Crippen molar-refractivity contribution in [1.29, 1.82) is 5.26 Å². The zero-order valence-electron chi connectivity index (χ0n) is 15.5. The lowest BCUT2D eigenvalue weighted by Crippen LogP contribution is -2.38. The largest absolute Gasteiger partial charge is 0.468 e. The maximum absolute atomic E-state index is 9.39. The van der Waals surface area contributed by atoms with Gasteiger partial charge in [-0.3, -0.25) is 4.90 Å². The first-order valence-corrected chi connectivity index (χ1v) is 9.47. The number of ether oxygens (including phenoxy) is 2. The quantitative estimate of drug-likeness (QED) is 0.749. The van der Waals surface area contributed by atoms with E-state index in [-0.39, 0.29) is 24.2 Å². The molecule has 2 fully saturated rings. The first kappa shape index (κ1) is 17.9. The van der Waals surface area contributed by atoms with E-state index in [1.807, 2.05) is 6.07 Å². The lowest BCUT2D eigenvalue weighted by atomic mass is 10.1. The highest BCUT2D eigenvalue weighted by Gasteiger charge is 2.30. The minimum absolute atomic E-state index is 0.0673. The van der Waals surface area contributed by atoms with Gasteiger partial charge in [0.1, 0.15) is 17.6 Å². The number of aromatic nitrogens is 4. The van der Waals surface area contributed by atoms with Crippen molar-refractivity contribution in [2.75, 3.05) is 20.2 Å². The summed E-state index contributed by atoms with van der Waals surface area (Å²) in [4.78, 5) is 10.9. The van der Waals surface area contributed by atoms with Crippen molar-refractivity contribution in [2.24, 2.45) is 0 Å². The maximum atomic E-state index is 9.39. The average molecular weight is 368 g/mol. The highest BCUT2D eigenvalue weighted by Crippen LogP contribution is 2.30. The normalized spacial score (nSPS) is 24.6. The smallest absolute Gasteiger partial charge is 0.237 e. The second-order valence-electron chi connectivity index (χ2n) is 7.12. The number of nitrogens with zero attached hydrogens (tertiary/aromatic N) is 6. The van der Waals surface area contributed by atoms with E-state index in [4.69, 9.17) is 9.47 Å². The summed E-state index contributed by atoms with van der Waals surface area (Å²) >= 11 is 0. The fourth-order valence-electron chi connectivity index (χ4n) is 3.93. The van der Waals surface area contributed by atoms with Crippen LogP contribution in [-0.2, 0) is 4.74 Å². The Balaban J connectivity index is 1.70. The fraction of sp³-hybridized carbons (Fsp3) is 0.579. The number of hydrogen-bond donors (Lipinski definition) is 0. The van der Waals surface area contributed by atoms with Gasteiger partial charge in [0.25, 0.3) is 0 Å². The van der Waals surface area contributed by atoms with Gasteiger partial charge < -0.3 is 9.47 Å². The van der Waals surface area contributed by atoms with Crippen LogP contribution >= 0.6 is 0 Å². The highest BCUT2D eigenvalue weighted by molar-refractivity contribution is 5.80. The van der Waals surface area contributed by atoms with E-state index in [1.165, 1.54) is 0 Å². The van der Waals surface area contributed by atoms with Crippen molar-refractivity contribution in [1.82, 2.24) is 24.6 Å². The summed E-state index contributed by atoms with van der Waals surface area (Å²) < 4.78 is 13.8. The first-order valence-electron chi connectivity index (χ1n) is 9.47. The average Bonchev–Trinajstić information content (AvgIpc) is 3.32. The van der Waals surface area contributed by atoms with Gasteiger partial charge >= 0.3 is 0 Å². The molecule has 142 valence electrons. The Morgan fingerprint density at radius 1 is 1.37 bits per heavy atom. The second-order valence-corrected chi connectivity index (χ2v) is 7.12. The van der Waals surface area contributed by atoms with Crippen LogP contribution in [0.4, 0.5) is 0 Å². The molecule has 4 heterocycles. The number of fused-ring (bicyclic) bond motifs is 1. The summed E-state index contributed by atoms with van der Waals surface area (Å²) in [5.41, 5.74) is 0.575. The monoisotopic (exact) mass is 368 g/mol. The molecule has 0 amide bonds. The number of hydrogen-bond acceptors (Lipinski definition) is 7. The lowest BCUT2D eigenvalue weighted by Gasteiger charge is -2.27. The Morgan fingerprint density at radius 2 is 2.26 bits per heavy atom. The SMILES string of the molecule is C=C[C@H](Oc1nc(C#N)nc2c1cnn2C1CCCCO1)[C@@H]1CCCN1C. The first-order chi connectivity index (χ1) is 13.2. The van der Waals surface area contributed by atoms with E-state index in [1.54, 1.807) is 17.0 Å². The molecular weight excluding hydrogens is 344 g/mol. The standard InChI is InChI=1S/C19H24N6O2/c1-3-15(14-7-6-9-24(14)2)27-19-13-12-21-25(17-8-4-5-10-26-17)18(13)22-16(11-20)23-19/h3,12,14-15,17H,1,4-10H2,2H3/t14-,15-,17?/m0/s1. The molecule has 27 heavy (non-hydrogen) atoms.